The monoisotopic (exact) mass is 283 g/mol. The number of hydrogen-bond acceptors (Lipinski definition) is 3. The first-order chi connectivity index (χ1) is 8.94. The normalized spacial score (nSPS) is 15.7. The van der Waals surface area contributed by atoms with E-state index in [0.29, 0.717) is 18.0 Å². The lowest BCUT2D eigenvalue weighted by molar-refractivity contribution is 0.281. The van der Waals surface area contributed by atoms with Crippen LogP contribution in [0.25, 0.3) is 0 Å². The topological polar surface area (TPSA) is 66.4 Å². The van der Waals surface area contributed by atoms with E-state index in [1.54, 1.807) is 13.0 Å². The standard InChI is InChI=1S/C14H21NO3S/c1-10-7-13(9-16)8-14(11(10)2)19(17,18)15-6-5-12-3-4-12/h7-8,12,15-16H,3-6,9H2,1-2H3. The molecule has 106 valence electrons. The Morgan fingerprint density at radius 2 is 2.00 bits per heavy atom. The number of nitrogens with one attached hydrogen (secondary N) is 1. The largest absolute Gasteiger partial charge is 0.392 e. The van der Waals surface area contributed by atoms with Crippen LogP contribution in [0.1, 0.15) is 36.0 Å². The van der Waals surface area contributed by atoms with Crippen molar-refractivity contribution >= 4 is 10.0 Å². The molecule has 0 radical (unpaired) electrons. The zero-order valence-corrected chi connectivity index (χ0v) is 12.3. The third kappa shape index (κ3) is 3.55. The fourth-order valence-electron chi connectivity index (χ4n) is 2.15. The molecule has 5 heteroatoms. The third-order valence-corrected chi connectivity index (χ3v) is 5.28. The van der Waals surface area contributed by atoms with E-state index in [1.165, 1.54) is 12.8 Å². The second kappa shape index (κ2) is 5.61. The molecular weight excluding hydrogens is 262 g/mol. The van der Waals surface area contributed by atoms with Crippen molar-refractivity contribution in [3.63, 3.8) is 0 Å². The van der Waals surface area contributed by atoms with E-state index in [0.717, 1.165) is 17.5 Å². The van der Waals surface area contributed by atoms with Gasteiger partial charge < -0.3 is 5.11 Å². The van der Waals surface area contributed by atoms with Gasteiger partial charge in [-0.1, -0.05) is 18.9 Å². The molecule has 1 fully saturated rings. The van der Waals surface area contributed by atoms with Crippen LogP contribution in [0.3, 0.4) is 0 Å². The summed E-state index contributed by atoms with van der Waals surface area (Å²) < 4.78 is 27.2. The van der Waals surface area contributed by atoms with E-state index < -0.39 is 10.0 Å². The summed E-state index contributed by atoms with van der Waals surface area (Å²) in [5.41, 5.74) is 2.26. The summed E-state index contributed by atoms with van der Waals surface area (Å²) >= 11 is 0. The lowest BCUT2D eigenvalue weighted by Crippen LogP contribution is -2.26. The Hall–Kier alpha value is -0.910. The van der Waals surface area contributed by atoms with E-state index in [-0.39, 0.29) is 11.5 Å². The number of aliphatic hydroxyl groups is 1. The van der Waals surface area contributed by atoms with Crippen LogP contribution in [0, 0.1) is 19.8 Å². The van der Waals surface area contributed by atoms with Crippen molar-refractivity contribution in [2.45, 2.75) is 44.6 Å². The van der Waals surface area contributed by atoms with Gasteiger partial charge in [0.15, 0.2) is 0 Å². The summed E-state index contributed by atoms with van der Waals surface area (Å²) in [6.07, 6.45) is 3.36. The number of rotatable bonds is 6. The molecule has 0 amide bonds. The molecule has 0 atom stereocenters. The van der Waals surface area contributed by atoms with E-state index >= 15 is 0 Å². The van der Waals surface area contributed by atoms with Crippen molar-refractivity contribution in [3.8, 4) is 0 Å². The molecule has 1 aromatic carbocycles. The highest BCUT2D eigenvalue weighted by molar-refractivity contribution is 7.89. The Morgan fingerprint density at radius 1 is 1.32 bits per heavy atom. The van der Waals surface area contributed by atoms with Gasteiger partial charge in [0.1, 0.15) is 0 Å². The van der Waals surface area contributed by atoms with E-state index in [4.69, 9.17) is 0 Å². The molecule has 2 rings (SSSR count). The van der Waals surface area contributed by atoms with Gasteiger partial charge in [-0.15, -0.1) is 0 Å². The third-order valence-electron chi connectivity index (χ3n) is 3.69. The molecule has 0 spiro atoms. The molecule has 1 aromatic rings. The minimum atomic E-state index is -3.48. The minimum Gasteiger partial charge on any atom is -0.392 e. The fraction of sp³-hybridized carbons (Fsp3) is 0.571. The fourth-order valence-corrected chi connectivity index (χ4v) is 3.56. The first kappa shape index (κ1) is 14.5. The molecule has 4 nitrogen and oxygen atoms in total. The first-order valence-corrected chi connectivity index (χ1v) is 8.13. The van der Waals surface area contributed by atoms with Crippen LogP contribution in [0.2, 0.25) is 0 Å². The van der Waals surface area contributed by atoms with E-state index in [2.05, 4.69) is 4.72 Å². The average molecular weight is 283 g/mol. The summed E-state index contributed by atoms with van der Waals surface area (Å²) in [4.78, 5) is 0.285. The maximum absolute atomic E-state index is 12.3. The molecule has 19 heavy (non-hydrogen) atoms. The molecule has 0 aliphatic heterocycles. The van der Waals surface area contributed by atoms with Gasteiger partial charge in [-0.2, -0.15) is 0 Å². The summed E-state index contributed by atoms with van der Waals surface area (Å²) in [7, 11) is -3.48. The highest BCUT2D eigenvalue weighted by Crippen LogP contribution is 2.32. The van der Waals surface area contributed by atoms with Crippen molar-refractivity contribution in [2.24, 2.45) is 5.92 Å². The smallest absolute Gasteiger partial charge is 0.240 e. The van der Waals surface area contributed by atoms with Gasteiger partial charge in [0.25, 0.3) is 0 Å². The van der Waals surface area contributed by atoms with Gasteiger partial charge in [0.2, 0.25) is 10.0 Å². The predicted octanol–water partition coefficient (Wildman–Crippen LogP) is 1.87. The van der Waals surface area contributed by atoms with Crippen molar-refractivity contribution in [1.82, 2.24) is 4.72 Å². The molecule has 0 bridgehead atoms. The highest BCUT2D eigenvalue weighted by Gasteiger charge is 2.23. The molecule has 0 saturated heterocycles. The molecule has 0 aromatic heterocycles. The lowest BCUT2D eigenvalue weighted by Gasteiger charge is -2.13. The summed E-state index contributed by atoms with van der Waals surface area (Å²) in [6.45, 7) is 4.00. The molecule has 2 N–H and O–H groups in total. The maximum Gasteiger partial charge on any atom is 0.240 e. The van der Waals surface area contributed by atoms with E-state index in [9.17, 15) is 13.5 Å². The van der Waals surface area contributed by atoms with Crippen molar-refractivity contribution in [1.29, 1.82) is 0 Å². The SMILES string of the molecule is Cc1cc(CO)cc(S(=O)(=O)NCCC2CC2)c1C. The number of aryl methyl sites for hydroxylation is 1. The average Bonchev–Trinajstić information content (AvgIpc) is 3.16. The molecule has 1 aliphatic rings. The van der Waals surface area contributed by atoms with Gasteiger partial charge in [-0.25, -0.2) is 13.1 Å². The Labute approximate surface area is 114 Å². The first-order valence-electron chi connectivity index (χ1n) is 6.64. The van der Waals surface area contributed by atoms with Crippen LogP contribution in [0.5, 0.6) is 0 Å². The highest BCUT2D eigenvalue weighted by atomic mass is 32.2. The molecule has 1 aliphatic carbocycles. The van der Waals surface area contributed by atoms with Crippen LogP contribution in [0.15, 0.2) is 17.0 Å². The Bertz CT molecular complexity index is 562. The van der Waals surface area contributed by atoms with Crippen molar-refractivity contribution in [3.05, 3.63) is 28.8 Å². The molecule has 0 heterocycles. The predicted molar refractivity (Wildman–Crippen MR) is 74.4 cm³/mol. The lowest BCUT2D eigenvalue weighted by atomic mass is 10.1. The summed E-state index contributed by atoms with van der Waals surface area (Å²) in [5.74, 6) is 0.703. The zero-order chi connectivity index (χ0) is 14.0. The number of hydrogen-bond donors (Lipinski definition) is 2. The van der Waals surface area contributed by atoms with Gasteiger partial charge in [0.05, 0.1) is 11.5 Å². The Morgan fingerprint density at radius 3 is 2.58 bits per heavy atom. The minimum absolute atomic E-state index is 0.147. The Kier molecular flexibility index (Phi) is 4.28. The second-order valence-corrected chi connectivity index (χ2v) is 7.06. The van der Waals surface area contributed by atoms with Crippen LogP contribution in [-0.2, 0) is 16.6 Å². The second-order valence-electron chi connectivity index (χ2n) is 5.32. The van der Waals surface area contributed by atoms with Gasteiger partial charge in [-0.05, 0) is 48.9 Å². The van der Waals surface area contributed by atoms with Crippen LogP contribution in [0.4, 0.5) is 0 Å². The van der Waals surface area contributed by atoms with Gasteiger partial charge in [-0.3, -0.25) is 0 Å². The summed E-state index contributed by atoms with van der Waals surface area (Å²) in [6, 6.07) is 3.38. The Balaban J connectivity index is 2.19. The summed E-state index contributed by atoms with van der Waals surface area (Å²) in [5, 5.41) is 9.18. The molecule has 0 unspecified atom stereocenters. The number of aliphatic hydroxyl groups excluding tert-OH is 1. The van der Waals surface area contributed by atoms with Gasteiger partial charge >= 0.3 is 0 Å². The van der Waals surface area contributed by atoms with Gasteiger partial charge in [0, 0.05) is 6.54 Å². The zero-order valence-electron chi connectivity index (χ0n) is 11.4. The van der Waals surface area contributed by atoms with Crippen molar-refractivity contribution < 1.29 is 13.5 Å². The molecule has 1 saturated carbocycles. The van der Waals surface area contributed by atoms with Crippen LogP contribution < -0.4 is 4.72 Å². The molecular formula is C14H21NO3S. The van der Waals surface area contributed by atoms with Crippen LogP contribution >= 0.6 is 0 Å². The van der Waals surface area contributed by atoms with Crippen LogP contribution in [-0.4, -0.2) is 20.1 Å². The maximum atomic E-state index is 12.3. The van der Waals surface area contributed by atoms with E-state index in [1.807, 2.05) is 13.0 Å². The van der Waals surface area contributed by atoms with Crippen molar-refractivity contribution in [2.75, 3.05) is 6.54 Å². The number of sulfonamides is 1. The number of benzene rings is 1. The quantitative estimate of drug-likeness (QED) is 0.837.